The number of hydrogen-bond donors (Lipinski definition) is 1. The van der Waals surface area contributed by atoms with Crippen LogP contribution in [0.25, 0.3) is 11.3 Å². The Balaban J connectivity index is 2.47. The van der Waals surface area contributed by atoms with Gasteiger partial charge in [-0.15, -0.1) is 0 Å². The Kier molecular flexibility index (Phi) is 4.36. The second kappa shape index (κ2) is 6.20. The van der Waals surface area contributed by atoms with Crippen molar-refractivity contribution in [2.75, 3.05) is 21.3 Å². The fourth-order valence-corrected chi connectivity index (χ4v) is 2.03. The summed E-state index contributed by atoms with van der Waals surface area (Å²) in [6.07, 6.45) is 1.76. The van der Waals surface area contributed by atoms with Crippen LogP contribution < -0.4 is 14.8 Å². The Morgan fingerprint density at radius 1 is 1.11 bits per heavy atom. The lowest BCUT2D eigenvalue weighted by Crippen LogP contribution is -2.06. The molecular formula is C15H18N2O2. The number of hydrogen-bond acceptors (Lipinski definition) is 4. The average molecular weight is 258 g/mol. The molecule has 4 nitrogen and oxygen atoms in total. The van der Waals surface area contributed by atoms with E-state index in [1.165, 1.54) is 0 Å². The number of rotatable bonds is 5. The van der Waals surface area contributed by atoms with E-state index in [1.807, 2.05) is 31.3 Å². The summed E-state index contributed by atoms with van der Waals surface area (Å²) in [7, 11) is 5.24. The van der Waals surface area contributed by atoms with Gasteiger partial charge in [-0.3, -0.25) is 4.98 Å². The predicted octanol–water partition coefficient (Wildman–Crippen LogP) is 2.49. The molecule has 0 aliphatic heterocycles. The molecule has 1 aromatic carbocycles. The van der Waals surface area contributed by atoms with E-state index < -0.39 is 0 Å². The van der Waals surface area contributed by atoms with Crippen molar-refractivity contribution in [2.24, 2.45) is 0 Å². The molecule has 1 N–H and O–H groups in total. The molecule has 0 amide bonds. The highest BCUT2D eigenvalue weighted by Crippen LogP contribution is 2.30. The standard InChI is InChI=1S/C15H18N2O2/c1-16-10-12-9-11(6-7-13(12)18-2)15-14(19-3)5-4-8-17-15/h4-9,16H,10H2,1-3H3. The van der Waals surface area contributed by atoms with Crippen LogP contribution in [0.2, 0.25) is 0 Å². The average Bonchev–Trinajstić information content (AvgIpc) is 2.47. The molecule has 0 spiro atoms. The molecule has 1 aromatic heterocycles. The minimum Gasteiger partial charge on any atom is -0.496 e. The fraction of sp³-hybridized carbons (Fsp3) is 0.267. The molecule has 2 rings (SSSR count). The summed E-state index contributed by atoms with van der Waals surface area (Å²) in [5.41, 5.74) is 2.95. The number of ether oxygens (including phenoxy) is 2. The van der Waals surface area contributed by atoms with E-state index in [0.717, 1.165) is 34.9 Å². The van der Waals surface area contributed by atoms with Gasteiger partial charge in [-0.05, 0) is 37.4 Å². The van der Waals surface area contributed by atoms with Crippen molar-refractivity contribution < 1.29 is 9.47 Å². The molecule has 0 aliphatic carbocycles. The number of aromatic nitrogens is 1. The van der Waals surface area contributed by atoms with Gasteiger partial charge in [-0.25, -0.2) is 0 Å². The zero-order chi connectivity index (χ0) is 13.7. The summed E-state index contributed by atoms with van der Waals surface area (Å²) in [6.45, 7) is 0.742. The number of nitrogens with zero attached hydrogens (tertiary/aromatic N) is 1. The van der Waals surface area contributed by atoms with Crippen LogP contribution in [0.1, 0.15) is 5.56 Å². The maximum atomic E-state index is 5.35. The molecule has 1 heterocycles. The third-order valence-corrected chi connectivity index (χ3v) is 2.91. The number of nitrogens with one attached hydrogen (secondary N) is 1. The molecule has 0 saturated heterocycles. The van der Waals surface area contributed by atoms with Crippen LogP contribution >= 0.6 is 0 Å². The molecule has 0 saturated carbocycles. The van der Waals surface area contributed by atoms with Crippen molar-refractivity contribution in [3.63, 3.8) is 0 Å². The first kappa shape index (κ1) is 13.4. The molecule has 0 unspecified atom stereocenters. The second-order valence-corrected chi connectivity index (χ2v) is 4.11. The van der Waals surface area contributed by atoms with Gasteiger partial charge in [0.05, 0.1) is 14.2 Å². The lowest BCUT2D eigenvalue weighted by Gasteiger charge is -2.12. The van der Waals surface area contributed by atoms with Crippen molar-refractivity contribution in [2.45, 2.75) is 6.54 Å². The third-order valence-electron chi connectivity index (χ3n) is 2.91. The van der Waals surface area contributed by atoms with Crippen molar-refractivity contribution in [1.29, 1.82) is 0 Å². The first-order valence-corrected chi connectivity index (χ1v) is 6.11. The molecule has 100 valence electrons. The van der Waals surface area contributed by atoms with Gasteiger partial charge in [-0.1, -0.05) is 0 Å². The number of benzene rings is 1. The Morgan fingerprint density at radius 3 is 2.58 bits per heavy atom. The van der Waals surface area contributed by atoms with Gasteiger partial charge in [0.2, 0.25) is 0 Å². The van der Waals surface area contributed by atoms with Crippen LogP contribution in [0.15, 0.2) is 36.5 Å². The van der Waals surface area contributed by atoms with Gasteiger partial charge >= 0.3 is 0 Å². The van der Waals surface area contributed by atoms with Crippen LogP contribution in [-0.4, -0.2) is 26.3 Å². The van der Waals surface area contributed by atoms with Crippen molar-refractivity contribution in [3.8, 4) is 22.8 Å². The molecule has 4 heteroatoms. The maximum absolute atomic E-state index is 5.35. The lowest BCUT2D eigenvalue weighted by atomic mass is 10.1. The number of pyridine rings is 1. The quantitative estimate of drug-likeness (QED) is 0.894. The Morgan fingerprint density at radius 2 is 1.89 bits per heavy atom. The monoisotopic (exact) mass is 258 g/mol. The Labute approximate surface area is 113 Å². The van der Waals surface area contributed by atoms with Gasteiger partial charge < -0.3 is 14.8 Å². The van der Waals surface area contributed by atoms with Crippen LogP contribution in [0.4, 0.5) is 0 Å². The van der Waals surface area contributed by atoms with Crippen LogP contribution in [0.5, 0.6) is 11.5 Å². The van der Waals surface area contributed by atoms with Gasteiger partial charge in [0, 0.05) is 23.9 Å². The topological polar surface area (TPSA) is 43.4 Å². The molecule has 0 aliphatic rings. The normalized spacial score (nSPS) is 10.3. The lowest BCUT2D eigenvalue weighted by molar-refractivity contribution is 0.408. The third kappa shape index (κ3) is 2.85. The second-order valence-electron chi connectivity index (χ2n) is 4.11. The molecule has 2 aromatic rings. The first-order valence-electron chi connectivity index (χ1n) is 6.11. The highest BCUT2D eigenvalue weighted by atomic mass is 16.5. The smallest absolute Gasteiger partial charge is 0.145 e. The molecular weight excluding hydrogens is 240 g/mol. The van der Waals surface area contributed by atoms with Crippen LogP contribution in [0.3, 0.4) is 0 Å². The summed E-state index contributed by atoms with van der Waals surface area (Å²) >= 11 is 0. The fourth-order valence-electron chi connectivity index (χ4n) is 2.03. The summed E-state index contributed by atoms with van der Waals surface area (Å²) < 4.78 is 10.7. The largest absolute Gasteiger partial charge is 0.496 e. The minimum absolute atomic E-state index is 0.742. The van der Waals surface area contributed by atoms with Crippen LogP contribution in [0, 0.1) is 0 Å². The van der Waals surface area contributed by atoms with E-state index in [9.17, 15) is 0 Å². The molecule has 0 fully saturated rings. The molecule has 0 bridgehead atoms. The Hall–Kier alpha value is -2.07. The number of methoxy groups -OCH3 is 2. The first-order chi connectivity index (χ1) is 9.30. The SMILES string of the molecule is CNCc1cc(-c2ncccc2OC)ccc1OC. The Bertz CT molecular complexity index is 556. The predicted molar refractivity (Wildman–Crippen MR) is 75.5 cm³/mol. The van der Waals surface area contributed by atoms with E-state index in [0.29, 0.717) is 0 Å². The minimum atomic E-state index is 0.742. The molecule has 0 radical (unpaired) electrons. The van der Waals surface area contributed by atoms with Gasteiger partial charge in [-0.2, -0.15) is 0 Å². The highest BCUT2D eigenvalue weighted by molar-refractivity contribution is 5.68. The molecule has 0 atom stereocenters. The van der Waals surface area contributed by atoms with Crippen molar-refractivity contribution in [1.82, 2.24) is 10.3 Å². The van der Waals surface area contributed by atoms with Gasteiger partial charge in [0.15, 0.2) is 0 Å². The van der Waals surface area contributed by atoms with E-state index in [4.69, 9.17) is 9.47 Å². The van der Waals surface area contributed by atoms with E-state index >= 15 is 0 Å². The van der Waals surface area contributed by atoms with Crippen molar-refractivity contribution in [3.05, 3.63) is 42.1 Å². The van der Waals surface area contributed by atoms with Crippen LogP contribution in [-0.2, 0) is 6.54 Å². The van der Waals surface area contributed by atoms with Gasteiger partial charge in [0.1, 0.15) is 17.2 Å². The highest BCUT2D eigenvalue weighted by Gasteiger charge is 2.10. The van der Waals surface area contributed by atoms with Crippen molar-refractivity contribution >= 4 is 0 Å². The van der Waals surface area contributed by atoms with Gasteiger partial charge in [0.25, 0.3) is 0 Å². The van der Waals surface area contributed by atoms with E-state index in [-0.39, 0.29) is 0 Å². The zero-order valence-electron chi connectivity index (χ0n) is 11.4. The maximum Gasteiger partial charge on any atom is 0.145 e. The summed E-state index contributed by atoms with van der Waals surface area (Å²) in [4.78, 5) is 4.39. The zero-order valence-corrected chi connectivity index (χ0v) is 11.4. The van der Waals surface area contributed by atoms with E-state index in [1.54, 1.807) is 20.4 Å². The summed E-state index contributed by atoms with van der Waals surface area (Å²) in [5.74, 6) is 1.64. The van der Waals surface area contributed by atoms with E-state index in [2.05, 4.69) is 16.4 Å². The summed E-state index contributed by atoms with van der Waals surface area (Å²) in [6, 6.07) is 9.78. The summed E-state index contributed by atoms with van der Waals surface area (Å²) in [5, 5.41) is 3.13. The molecule has 19 heavy (non-hydrogen) atoms.